The second kappa shape index (κ2) is 8.65. The molecule has 0 saturated heterocycles. The van der Waals surface area contributed by atoms with Crippen molar-refractivity contribution in [3.8, 4) is 0 Å². The SMILES string of the molecule is CC(C)[O][Ti]([Cl])([O]C(C)C)[O]C(C)C.[Ti]. The van der Waals surface area contributed by atoms with Gasteiger partial charge in [-0.2, -0.15) is 0 Å². The molecular weight excluding hydrogens is 287 g/mol. The van der Waals surface area contributed by atoms with E-state index in [9.17, 15) is 0 Å². The van der Waals surface area contributed by atoms with Gasteiger partial charge in [-0.15, -0.1) is 0 Å². The van der Waals surface area contributed by atoms with E-state index in [-0.39, 0.29) is 40.0 Å². The second-order valence-corrected chi connectivity index (χ2v) is 8.50. The Balaban J connectivity index is 0. The number of hydrogen-bond donors (Lipinski definition) is 0. The molecule has 0 N–H and O–H groups in total. The first kappa shape index (κ1) is 19.0. The average Bonchev–Trinajstić information content (AvgIpc) is 1.76. The molecule has 0 bridgehead atoms. The van der Waals surface area contributed by atoms with Crippen molar-refractivity contribution in [2.45, 2.75) is 59.9 Å². The summed E-state index contributed by atoms with van der Waals surface area (Å²) in [7, 11) is 6.25. The van der Waals surface area contributed by atoms with Crippen molar-refractivity contribution in [3.63, 3.8) is 0 Å². The Bertz CT molecular complexity index is 139. The third kappa shape index (κ3) is 10.5. The van der Waals surface area contributed by atoms with Gasteiger partial charge in [0.25, 0.3) is 0 Å². The molecule has 0 atom stereocenters. The maximum Gasteiger partial charge on any atom is 0 e. The largest absolute Gasteiger partial charge is 0 e. The summed E-state index contributed by atoms with van der Waals surface area (Å²) in [5.41, 5.74) is 0. The Labute approximate surface area is 117 Å². The molecule has 15 heavy (non-hydrogen) atoms. The van der Waals surface area contributed by atoms with E-state index in [1.54, 1.807) is 0 Å². The monoisotopic (exact) mass is 308 g/mol. The summed E-state index contributed by atoms with van der Waals surface area (Å²) in [5, 5.41) is 0. The molecule has 0 aliphatic heterocycles. The molecule has 0 aromatic heterocycles. The van der Waals surface area contributed by atoms with Crippen LogP contribution in [0, 0.1) is 0 Å². The van der Waals surface area contributed by atoms with Crippen LogP contribution in [-0.2, 0) is 48.4 Å². The quantitative estimate of drug-likeness (QED) is 0.705. The van der Waals surface area contributed by atoms with Crippen LogP contribution < -0.4 is 0 Å². The van der Waals surface area contributed by atoms with Gasteiger partial charge in [-0.1, -0.05) is 0 Å². The summed E-state index contributed by atoms with van der Waals surface area (Å²) >= 11 is -3.49. The molecule has 0 rings (SSSR count). The zero-order chi connectivity index (χ0) is 11.4. The third-order valence-electron chi connectivity index (χ3n) is 1.13. The molecule has 6 heteroatoms. The van der Waals surface area contributed by atoms with Crippen LogP contribution in [0.3, 0.4) is 0 Å². The van der Waals surface area contributed by atoms with Crippen molar-refractivity contribution in [1.82, 2.24) is 0 Å². The van der Waals surface area contributed by atoms with E-state index in [0.717, 1.165) is 0 Å². The number of hydrogen-bond acceptors (Lipinski definition) is 3. The van der Waals surface area contributed by atoms with Crippen LogP contribution in [0.25, 0.3) is 0 Å². The first-order valence-electron chi connectivity index (χ1n) is 4.97. The molecular formula is C9H21ClO3Ti2. The topological polar surface area (TPSA) is 27.7 Å². The van der Waals surface area contributed by atoms with Crippen LogP contribution >= 0.6 is 9.30 Å². The molecule has 0 aliphatic carbocycles. The molecule has 0 fully saturated rings. The summed E-state index contributed by atoms with van der Waals surface area (Å²) < 4.78 is 16.7. The first-order valence-corrected chi connectivity index (χ1v) is 9.03. The zero-order valence-electron chi connectivity index (χ0n) is 10.3. The van der Waals surface area contributed by atoms with Gasteiger partial charge in [-0.05, 0) is 0 Å². The van der Waals surface area contributed by atoms with Gasteiger partial charge in [0.2, 0.25) is 0 Å². The Hall–Kier alpha value is 1.60. The van der Waals surface area contributed by atoms with Crippen LogP contribution in [-0.4, -0.2) is 18.3 Å². The summed E-state index contributed by atoms with van der Waals surface area (Å²) in [6, 6.07) is 0. The maximum absolute atomic E-state index is 6.25. The van der Waals surface area contributed by atoms with Crippen LogP contribution in [0.15, 0.2) is 0 Å². The van der Waals surface area contributed by atoms with Crippen molar-refractivity contribution in [3.05, 3.63) is 0 Å². The van der Waals surface area contributed by atoms with Crippen molar-refractivity contribution in [1.29, 1.82) is 0 Å². The normalized spacial score (nSPS) is 12.4. The van der Waals surface area contributed by atoms with Gasteiger partial charge in [0.05, 0.1) is 0 Å². The van der Waals surface area contributed by atoms with E-state index in [4.69, 9.17) is 19.3 Å². The van der Waals surface area contributed by atoms with Gasteiger partial charge in [0, 0.05) is 21.7 Å². The predicted molar refractivity (Wildman–Crippen MR) is 54.5 cm³/mol. The summed E-state index contributed by atoms with van der Waals surface area (Å²) in [4.78, 5) is 0. The minimum atomic E-state index is -3.49. The van der Waals surface area contributed by atoms with Gasteiger partial charge in [-0.25, -0.2) is 0 Å². The van der Waals surface area contributed by atoms with Gasteiger partial charge in [-0.3, -0.25) is 0 Å². The standard InChI is InChI=1S/3C3H7O.ClH.2Ti/c3*1-3(2)4;;;/h3*3H,1-2H3;1H;;/q3*-1;;;+4/p-1. The Kier molecular flexibility index (Phi) is 10.9. The molecule has 0 heterocycles. The molecule has 0 aliphatic rings. The molecule has 0 radical (unpaired) electrons. The minimum Gasteiger partial charge on any atom is 0 e. The third-order valence-corrected chi connectivity index (χ3v) is 5.76. The molecule has 0 saturated carbocycles. The molecule has 0 aromatic carbocycles. The van der Waals surface area contributed by atoms with Crippen LogP contribution in [0.1, 0.15) is 41.5 Å². The first-order chi connectivity index (χ1) is 6.25. The van der Waals surface area contributed by atoms with E-state index in [1.165, 1.54) is 0 Å². The minimum absolute atomic E-state index is 0. The van der Waals surface area contributed by atoms with Crippen LogP contribution in [0.2, 0.25) is 0 Å². The van der Waals surface area contributed by atoms with Crippen LogP contribution in [0.4, 0.5) is 0 Å². The smallest absolute Gasteiger partial charge is 0 e. The molecule has 0 aromatic rings. The number of rotatable bonds is 6. The average molecular weight is 308 g/mol. The Morgan fingerprint density at radius 2 is 0.933 bits per heavy atom. The number of halogens is 1. The summed E-state index contributed by atoms with van der Waals surface area (Å²) in [6.45, 7) is 11.6. The fourth-order valence-corrected chi connectivity index (χ4v) is 6.03. The fraction of sp³-hybridized carbons (Fsp3) is 1.00. The zero-order valence-corrected chi connectivity index (χ0v) is 14.2. The predicted octanol–water partition coefficient (Wildman–Crippen LogP) is 3.31. The van der Waals surface area contributed by atoms with Gasteiger partial charge in [0.1, 0.15) is 0 Å². The molecule has 0 unspecified atom stereocenters. The maximum atomic E-state index is 6.25. The van der Waals surface area contributed by atoms with E-state index in [2.05, 4.69) is 0 Å². The van der Waals surface area contributed by atoms with Crippen molar-refractivity contribution in [2.24, 2.45) is 0 Å². The second-order valence-electron chi connectivity index (χ2n) is 3.98. The van der Waals surface area contributed by atoms with Crippen LogP contribution in [0.5, 0.6) is 0 Å². The molecule has 90 valence electrons. The van der Waals surface area contributed by atoms with Gasteiger partial charge >= 0.3 is 95.8 Å². The fourth-order valence-electron chi connectivity index (χ4n) is 0.928. The van der Waals surface area contributed by atoms with E-state index < -0.39 is 16.7 Å². The summed E-state index contributed by atoms with van der Waals surface area (Å²) in [5.74, 6) is 0. The van der Waals surface area contributed by atoms with Crippen molar-refractivity contribution < 1.29 is 48.4 Å². The van der Waals surface area contributed by atoms with Crippen molar-refractivity contribution in [2.75, 3.05) is 0 Å². The van der Waals surface area contributed by atoms with E-state index >= 15 is 0 Å². The molecule has 0 amide bonds. The Morgan fingerprint density at radius 3 is 1.07 bits per heavy atom. The summed E-state index contributed by atoms with van der Waals surface area (Å²) in [6.07, 6.45) is 0.0972. The molecule has 3 nitrogen and oxygen atoms in total. The van der Waals surface area contributed by atoms with Gasteiger partial charge in [0.15, 0.2) is 0 Å². The van der Waals surface area contributed by atoms with E-state index in [0.29, 0.717) is 0 Å². The Morgan fingerprint density at radius 1 is 0.733 bits per heavy atom. The van der Waals surface area contributed by atoms with Gasteiger partial charge < -0.3 is 0 Å². The van der Waals surface area contributed by atoms with E-state index in [1.807, 2.05) is 41.5 Å². The molecule has 0 spiro atoms. The van der Waals surface area contributed by atoms with Crippen molar-refractivity contribution >= 4 is 9.30 Å².